The van der Waals surface area contributed by atoms with Gasteiger partial charge in [-0.05, 0) is 48.4 Å². The van der Waals surface area contributed by atoms with Gasteiger partial charge < -0.3 is 14.8 Å². The van der Waals surface area contributed by atoms with E-state index in [0.717, 1.165) is 31.4 Å². The maximum atomic E-state index is 12.8. The van der Waals surface area contributed by atoms with Crippen molar-refractivity contribution in [2.45, 2.75) is 38.8 Å². The molecule has 0 fully saturated rings. The fourth-order valence-corrected chi connectivity index (χ4v) is 2.75. The quantitative estimate of drug-likeness (QED) is 0.360. The number of benzene rings is 2. The molecule has 0 aromatic heterocycles. The average Bonchev–Trinajstić information content (AvgIpc) is 2.72. The molecule has 0 aliphatic rings. The van der Waals surface area contributed by atoms with Crippen molar-refractivity contribution >= 4 is 17.7 Å². The van der Waals surface area contributed by atoms with E-state index >= 15 is 0 Å². The third kappa shape index (κ3) is 7.46. The predicted octanol–water partition coefficient (Wildman–Crippen LogP) is 6.33. The molecule has 0 aliphatic heterocycles. The molecule has 0 radical (unpaired) electrons. The summed E-state index contributed by atoms with van der Waals surface area (Å²) in [5.41, 5.74) is -0.0486. The molecular weight excluding hydrogens is 395 g/mol. The lowest BCUT2D eigenvalue weighted by Crippen LogP contribution is -2.10. The van der Waals surface area contributed by atoms with Crippen molar-refractivity contribution < 1.29 is 27.4 Å². The van der Waals surface area contributed by atoms with Crippen LogP contribution in [0, 0.1) is 0 Å². The molecule has 1 N–H and O–H groups in total. The predicted molar refractivity (Wildman–Crippen MR) is 112 cm³/mol. The van der Waals surface area contributed by atoms with Gasteiger partial charge in [-0.2, -0.15) is 13.2 Å². The summed E-state index contributed by atoms with van der Waals surface area (Å²) in [5.74, 6) is 0.634. The molecule has 0 spiro atoms. The Labute approximate surface area is 174 Å². The number of ether oxygens (including phenoxy) is 2. The van der Waals surface area contributed by atoms with Crippen LogP contribution in [0.2, 0.25) is 0 Å². The summed E-state index contributed by atoms with van der Waals surface area (Å²) in [6, 6.07) is 9.76. The van der Waals surface area contributed by atoms with Crippen molar-refractivity contribution in [2.75, 3.05) is 19.0 Å². The number of amides is 1. The van der Waals surface area contributed by atoms with E-state index in [2.05, 4.69) is 12.2 Å². The maximum absolute atomic E-state index is 12.8. The first kappa shape index (κ1) is 23.3. The number of halogens is 3. The highest BCUT2D eigenvalue weighted by atomic mass is 19.4. The highest BCUT2D eigenvalue weighted by molar-refractivity contribution is 6.02. The van der Waals surface area contributed by atoms with Crippen LogP contribution in [0.5, 0.6) is 11.5 Å². The summed E-state index contributed by atoms with van der Waals surface area (Å²) in [6.45, 7) is 2.75. The fourth-order valence-electron chi connectivity index (χ4n) is 2.75. The first-order valence-corrected chi connectivity index (χ1v) is 9.80. The zero-order valence-corrected chi connectivity index (χ0v) is 17.1. The van der Waals surface area contributed by atoms with E-state index in [1.165, 1.54) is 31.7 Å². The largest absolute Gasteiger partial charge is 0.493 e. The Morgan fingerprint density at radius 2 is 1.87 bits per heavy atom. The lowest BCUT2D eigenvalue weighted by molar-refractivity contribution is -0.137. The van der Waals surface area contributed by atoms with E-state index in [4.69, 9.17) is 9.47 Å². The van der Waals surface area contributed by atoms with Crippen LogP contribution in [-0.4, -0.2) is 19.6 Å². The number of carbonyl (C=O) groups excluding carboxylic acids is 1. The van der Waals surface area contributed by atoms with Crippen LogP contribution >= 0.6 is 0 Å². The maximum Gasteiger partial charge on any atom is 0.416 e. The molecule has 0 heterocycles. The molecule has 2 rings (SSSR count). The Morgan fingerprint density at radius 1 is 1.07 bits per heavy atom. The Hall–Kier alpha value is -2.96. The molecule has 0 bridgehead atoms. The number of hydrogen-bond donors (Lipinski definition) is 1. The Kier molecular flexibility index (Phi) is 8.77. The van der Waals surface area contributed by atoms with E-state index in [-0.39, 0.29) is 5.69 Å². The highest BCUT2D eigenvalue weighted by Crippen LogP contribution is 2.31. The molecule has 4 nitrogen and oxygen atoms in total. The highest BCUT2D eigenvalue weighted by Gasteiger charge is 2.30. The number of alkyl halides is 3. The number of unbranched alkanes of at least 4 members (excludes halogenated alkanes) is 3. The SMILES string of the molecule is CCCCCCOc1ccc(C=CC(=O)Nc2cccc(C(F)(F)F)c2)cc1OC. The van der Waals surface area contributed by atoms with Gasteiger partial charge in [0.2, 0.25) is 5.91 Å². The van der Waals surface area contributed by atoms with Gasteiger partial charge in [0.05, 0.1) is 19.3 Å². The lowest BCUT2D eigenvalue weighted by atomic mass is 10.1. The van der Waals surface area contributed by atoms with E-state index in [1.807, 2.05) is 0 Å². The van der Waals surface area contributed by atoms with Crippen molar-refractivity contribution in [3.05, 3.63) is 59.7 Å². The van der Waals surface area contributed by atoms with Crippen LogP contribution in [0.4, 0.5) is 18.9 Å². The van der Waals surface area contributed by atoms with Crippen molar-refractivity contribution in [3.8, 4) is 11.5 Å². The van der Waals surface area contributed by atoms with Gasteiger partial charge in [0.15, 0.2) is 11.5 Å². The van der Waals surface area contributed by atoms with Gasteiger partial charge in [-0.1, -0.05) is 38.3 Å². The average molecular weight is 421 g/mol. The Bertz CT molecular complexity index is 863. The van der Waals surface area contributed by atoms with Gasteiger partial charge in [-0.3, -0.25) is 4.79 Å². The molecular formula is C23H26F3NO3. The second kappa shape index (κ2) is 11.3. The smallest absolute Gasteiger partial charge is 0.416 e. The van der Waals surface area contributed by atoms with Crippen LogP contribution < -0.4 is 14.8 Å². The topological polar surface area (TPSA) is 47.6 Å². The number of nitrogens with one attached hydrogen (secondary N) is 1. The summed E-state index contributed by atoms with van der Waals surface area (Å²) in [5, 5.41) is 2.43. The van der Waals surface area contributed by atoms with Crippen LogP contribution in [-0.2, 0) is 11.0 Å². The number of methoxy groups -OCH3 is 1. The fraction of sp³-hybridized carbons (Fsp3) is 0.348. The van der Waals surface area contributed by atoms with Gasteiger partial charge >= 0.3 is 6.18 Å². The van der Waals surface area contributed by atoms with Gasteiger partial charge in [-0.15, -0.1) is 0 Å². The summed E-state index contributed by atoms with van der Waals surface area (Å²) >= 11 is 0. The third-order valence-corrected chi connectivity index (χ3v) is 4.33. The standard InChI is InChI=1S/C23H26F3NO3/c1-3-4-5-6-14-30-20-12-10-17(15-21(20)29-2)11-13-22(28)27-19-9-7-8-18(16-19)23(24,25)26/h7-13,15-16H,3-6,14H2,1-2H3,(H,27,28). The van der Waals surface area contributed by atoms with Crippen LogP contribution in [0.15, 0.2) is 48.5 Å². The summed E-state index contributed by atoms with van der Waals surface area (Å²) < 4.78 is 49.4. The van der Waals surface area contributed by atoms with E-state index in [9.17, 15) is 18.0 Å². The second-order valence-electron chi connectivity index (χ2n) is 6.72. The summed E-state index contributed by atoms with van der Waals surface area (Å²) in [6.07, 6.45) is 2.75. The monoisotopic (exact) mass is 421 g/mol. The van der Waals surface area contributed by atoms with Crippen LogP contribution in [0.3, 0.4) is 0 Å². The molecule has 2 aromatic rings. The van der Waals surface area contributed by atoms with Crippen molar-refractivity contribution in [1.82, 2.24) is 0 Å². The zero-order chi connectivity index (χ0) is 22.0. The first-order chi connectivity index (χ1) is 14.3. The van der Waals surface area contributed by atoms with E-state index in [0.29, 0.717) is 23.7 Å². The molecule has 162 valence electrons. The summed E-state index contributed by atoms with van der Waals surface area (Å²) in [7, 11) is 1.53. The number of anilines is 1. The van der Waals surface area contributed by atoms with Gasteiger partial charge in [-0.25, -0.2) is 0 Å². The normalized spacial score (nSPS) is 11.5. The molecule has 0 unspecified atom stereocenters. The van der Waals surface area contributed by atoms with Gasteiger partial charge in [0.25, 0.3) is 0 Å². The minimum Gasteiger partial charge on any atom is -0.493 e. The molecule has 0 saturated heterocycles. The molecule has 2 aromatic carbocycles. The van der Waals surface area contributed by atoms with Gasteiger partial charge in [0.1, 0.15) is 0 Å². The third-order valence-electron chi connectivity index (χ3n) is 4.33. The molecule has 0 saturated carbocycles. The minimum absolute atomic E-state index is 0.0730. The molecule has 0 aliphatic carbocycles. The molecule has 1 amide bonds. The van der Waals surface area contributed by atoms with Crippen LogP contribution in [0.25, 0.3) is 6.08 Å². The number of hydrogen-bond acceptors (Lipinski definition) is 3. The Balaban J connectivity index is 1.97. The zero-order valence-electron chi connectivity index (χ0n) is 17.1. The number of carbonyl (C=O) groups is 1. The second-order valence-corrected chi connectivity index (χ2v) is 6.72. The molecule has 0 atom stereocenters. The molecule has 7 heteroatoms. The van der Waals surface area contributed by atoms with E-state index < -0.39 is 17.6 Å². The van der Waals surface area contributed by atoms with E-state index in [1.54, 1.807) is 24.3 Å². The first-order valence-electron chi connectivity index (χ1n) is 9.80. The van der Waals surface area contributed by atoms with Crippen molar-refractivity contribution in [3.63, 3.8) is 0 Å². The Morgan fingerprint density at radius 3 is 2.57 bits per heavy atom. The summed E-state index contributed by atoms with van der Waals surface area (Å²) in [4.78, 5) is 12.1. The number of rotatable bonds is 10. The minimum atomic E-state index is -4.47. The van der Waals surface area contributed by atoms with Gasteiger partial charge in [0, 0.05) is 11.8 Å². The van der Waals surface area contributed by atoms with Crippen molar-refractivity contribution in [2.24, 2.45) is 0 Å². The van der Waals surface area contributed by atoms with Crippen molar-refractivity contribution in [1.29, 1.82) is 0 Å². The lowest BCUT2D eigenvalue weighted by Gasteiger charge is -2.11. The van der Waals surface area contributed by atoms with Crippen LogP contribution in [0.1, 0.15) is 43.7 Å². The molecule has 30 heavy (non-hydrogen) atoms.